The smallest absolute Gasteiger partial charge is 0.211 e. The van der Waals surface area contributed by atoms with Crippen LogP contribution in [0.1, 0.15) is 11.3 Å². The molecule has 1 saturated heterocycles. The first-order valence-electron chi connectivity index (χ1n) is 7.19. The number of sulfonamides is 1. The van der Waals surface area contributed by atoms with E-state index in [0.717, 1.165) is 19.6 Å². The highest BCUT2D eigenvalue weighted by Gasteiger charge is 2.24. The minimum Gasteiger partial charge on any atom is -0.358 e. The summed E-state index contributed by atoms with van der Waals surface area (Å²) in [6.07, 6.45) is 1.28. The van der Waals surface area contributed by atoms with Crippen LogP contribution in [0.25, 0.3) is 10.9 Å². The average Bonchev–Trinajstić information content (AvgIpc) is 2.75. The van der Waals surface area contributed by atoms with E-state index in [9.17, 15) is 8.42 Å². The number of para-hydroxylation sites is 1. The molecule has 3 rings (SSSR count). The maximum Gasteiger partial charge on any atom is 0.211 e. The van der Waals surface area contributed by atoms with Crippen molar-refractivity contribution in [2.24, 2.45) is 0 Å². The average molecular weight is 307 g/mol. The van der Waals surface area contributed by atoms with Crippen molar-refractivity contribution >= 4 is 20.9 Å². The molecule has 1 fully saturated rings. The Labute approximate surface area is 125 Å². The molecule has 1 aromatic heterocycles. The van der Waals surface area contributed by atoms with Gasteiger partial charge in [-0.3, -0.25) is 4.90 Å². The van der Waals surface area contributed by atoms with Crippen LogP contribution in [0.2, 0.25) is 0 Å². The molecular weight excluding hydrogens is 286 g/mol. The van der Waals surface area contributed by atoms with Gasteiger partial charge in [-0.05, 0) is 18.6 Å². The van der Waals surface area contributed by atoms with Gasteiger partial charge in [0.2, 0.25) is 10.0 Å². The first-order chi connectivity index (χ1) is 9.95. The second-order valence-electron chi connectivity index (χ2n) is 5.71. The van der Waals surface area contributed by atoms with Gasteiger partial charge in [-0.1, -0.05) is 18.2 Å². The Hall–Kier alpha value is -1.37. The molecular formula is C15H21N3O2S. The van der Waals surface area contributed by atoms with Gasteiger partial charge in [0.05, 0.1) is 6.26 Å². The van der Waals surface area contributed by atoms with Crippen molar-refractivity contribution in [3.05, 3.63) is 35.5 Å². The molecule has 0 amide bonds. The molecule has 1 N–H and O–H groups in total. The van der Waals surface area contributed by atoms with Crippen LogP contribution >= 0.6 is 0 Å². The van der Waals surface area contributed by atoms with Gasteiger partial charge in [0.15, 0.2) is 0 Å². The van der Waals surface area contributed by atoms with E-state index in [0.29, 0.717) is 13.1 Å². The molecule has 1 aromatic carbocycles. The summed E-state index contributed by atoms with van der Waals surface area (Å²) >= 11 is 0. The molecule has 21 heavy (non-hydrogen) atoms. The number of nitrogens with zero attached hydrogens (tertiary/aromatic N) is 2. The zero-order valence-corrected chi connectivity index (χ0v) is 13.3. The molecule has 2 heterocycles. The summed E-state index contributed by atoms with van der Waals surface area (Å²) in [5.41, 5.74) is 3.68. The standard InChI is InChI=1S/C15H21N3O2S/c1-12-14(13-5-3-4-6-15(13)16-12)11-17-7-9-18(10-8-17)21(2,19)20/h3-6,16H,7-11H2,1-2H3. The fraction of sp³-hybridized carbons (Fsp3) is 0.467. The first kappa shape index (κ1) is 14.6. The molecule has 0 aliphatic carbocycles. The molecule has 1 aliphatic rings. The van der Waals surface area contributed by atoms with Gasteiger partial charge in [-0.25, -0.2) is 8.42 Å². The van der Waals surface area contributed by atoms with Gasteiger partial charge in [0.25, 0.3) is 0 Å². The minimum absolute atomic E-state index is 0.584. The largest absolute Gasteiger partial charge is 0.358 e. The number of H-pyrrole nitrogens is 1. The summed E-state index contributed by atoms with van der Waals surface area (Å²) in [5, 5.41) is 1.26. The number of rotatable bonds is 3. The Balaban J connectivity index is 1.74. The fourth-order valence-electron chi connectivity index (χ4n) is 2.98. The Morgan fingerprint density at radius 1 is 1.14 bits per heavy atom. The highest BCUT2D eigenvalue weighted by Crippen LogP contribution is 2.23. The summed E-state index contributed by atoms with van der Waals surface area (Å²) in [6.45, 7) is 5.70. The number of fused-ring (bicyclic) bond motifs is 1. The molecule has 114 valence electrons. The van der Waals surface area contributed by atoms with Gasteiger partial charge in [-0.2, -0.15) is 4.31 Å². The lowest BCUT2D eigenvalue weighted by Crippen LogP contribution is -2.47. The zero-order chi connectivity index (χ0) is 15.0. The van der Waals surface area contributed by atoms with Crippen LogP contribution in [0.3, 0.4) is 0 Å². The number of hydrogen-bond acceptors (Lipinski definition) is 3. The van der Waals surface area contributed by atoms with Crippen molar-refractivity contribution in [2.45, 2.75) is 13.5 Å². The molecule has 1 aliphatic heterocycles. The van der Waals surface area contributed by atoms with Crippen molar-refractivity contribution in [2.75, 3.05) is 32.4 Å². The van der Waals surface area contributed by atoms with E-state index in [1.165, 1.54) is 28.4 Å². The summed E-state index contributed by atoms with van der Waals surface area (Å²) < 4.78 is 24.6. The number of nitrogens with one attached hydrogen (secondary N) is 1. The second kappa shape index (κ2) is 5.44. The lowest BCUT2D eigenvalue weighted by atomic mass is 10.1. The van der Waals surface area contributed by atoms with Gasteiger partial charge in [0, 0.05) is 49.3 Å². The van der Waals surface area contributed by atoms with Gasteiger partial charge < -0.3 is 4.98 Å². The van der Waals surface area contributed by atoms with Gasteiger partial charge in [-0.15, -0.1) is 0 Å². The third-order valence-electron chi connectivity index (χ3n) is 4.21. The highest BCUT2D eigenvalue weighted by molar-refractivity contribution is 7.88. The summed E-state index contributed by atoms with van der Waals surface area (Å²) in [4.78, 5) is 5.74. The molecule has 0 unspecified atom stereocenters. The first-order valence-corrected chi connectivity index (χ1v) is 9.03. The van der Waals surface area contributed by atoms with Crippen molar-refractivity contribution in [1.82, 2.24) is 14.2 Å². The normalized spacial score (nSPS) is 18.4. The predicted octanol–water partition coefficient (Wildman–Crippen LogP) is 1.55. The highest BCUT2D eigenvalue weighted by atomic mass is 32.2. The summed E-state index contributed by atoms with van der Waals surface area (Å²) in [7, 11) is -3.05. The van der Waals surface area contributed by atoms with Crippen LogP contribution in [-0.4, -0.2) is 55.0 Å². The van der Waals surface area contributed by atoms with E-state index in [1.54, 1.807) is 4.31 Å². The molecule has 0 bridgehead atoms. The van der Waals surface area contributed by atoms with E-state index >= 15 is 0 Å². The topological polar surface area (TPSA) is 56.4 Å². The van der Waals surface area contributed by atoms with E-state index in [4.69, 9.17) is 0 Å². The second-order valence-corrected chi connectivity index (χ2v) is 7.69. The summed E-state index contributed by atoms with van der Waals surface area (Å²) in [6, 6.07) is 8.32. The van der Waals surface area contributed by atoms with E-state index in [1.807, 2.05) is 6.07 Å². The molecule has 0 radical (unpaired) electrons. The van der Waals surface area contributed by atoms with E-state index in [2.05, 4.69) is 35.0 Å². The Kier molecular flexibility index (Phi) is 3.77. The maximum absolute atomic E-state index is 11.5. The third kappa shape index (κ3) is 2.97. The van der Waals surface area contributed by atoms with Crippen LogP contribution < -0.4 is 0 Å². The van der Waals surface area contributed by atoms with Crippen molar-refractivity contribution < 1.29 is 8.42 Å². The molecule has 2 aromatic rings. The third-order valence-corrected chi connectivity index (χ3v) is 5.51. The molecule has 0 spiro atoms. The van der Waals surface area contributed by atoms with Crippen molar-refractivity contribution in [1.29, 1.82) is 0 Å². The van der Waals surface area contributed by atoms with E-state index < -0.39 is 10.0 Å². The number of hydrogen-bond donors (Lipinski definition) is 1. The van der Waals surface area contributed by atoms with Crippen LogP contribution in [0, 0.1) is 6.92 Å². The number of benzene rings is 1. The number of aromatic nitrogens is 1. The zero-order valence-electron chi connectivity index (χ0n) is 12.5. The molecule has 6 heteroatoms. The van der Waals surface area contributed by atoms with Crippen LogP contribution in [0.4, 0.5) is 0 Å². The molecule has 0 saturated carbocycles. The van der Waals surface area contributed by atoms with Crippen molar-refractivity contribution in [3.8, 4) is 0 Å². The van der Waals surface area contributed by atoms with Crippen LogP contribution in [0.15, 0.2) is 24.3 Å². The van der Waals surface area contributed by atoms with Crippen molar-refractivity contribution in [3.63, 3.8) is 0 Å². The predicted molar refractivity (Wildman–Crippen MR) is 84.7 cm³/mol. The minimum atomic E-state index is -3.05. The van der Waals surface area contributed by atoms with E-state index in [-0.39, 0.29) is 0 Å². The van der Waals surface area contributed by atoms with Gasteiger partial charge in [0.1, 0.15) is 0 Å². The SMILES string of the molecule is Cc1[nH]c2ccccc2c1CN1CCN(S(C)(=O)=O)CC1. The Morgan fingerprint density at radius 2 is 1.81 bits per heavy atom. The quantitative estimate of drug-likeness (QED) is 0.936. The van der Waals surface area contributed by atoms with Crippen LogP contribution in [0.5, 0.6) is 0 Å². The Morgan fingerprint density at radius 3 is 2.48 bits per heavy atom. The lowest BCUT2D eigenvalue weighted by Gasteiger charge is -2.33. The Bertz CT molecular complexity index is 743. The number of piperazine rings is 1. The maximum atomic E-state index is 11.5. The molecule has 0 atom stereocenters. The molecule has 5 nitrogen and oxygen atoms in total. The monoisotopic (exact) mass is 307 g/mol. The lowest BCUT2D eigenvalue weighted by molar-refractivity contribution is 0.182. The number of aryl methyl sites for hydroxylation is 1. The van der Waals surface area contributed by atoms with Crippen LogP contribution in [-0.2, 0) is 16.6 Å². The summed E-state index contributed by atoms with van der Waals surface area (Å²) in [5.74, 6) is 0. The fourth-order valence-corrected chi connectivity index (χ4v) is 3.81. The number of aromatic amines is 1. The van der Waals surface area contributed by atoms with Gasteiger partial charge >= 0.3 is 0 Å².